The Morgan fingerprint density at radius 2 is 1.68 bits per heavy atom. The van der Waals surface area contributed by atoms with Gasteiger partial charge in [-0.05, 0) is 48.9 Å². The van der Waals surface area contributed by atoms with Gasteiger partial charge in [0, 0.05) is 24.7 Å². The fourth-order valence-electron chi connectivity index (χ4n) is 3.72. The first kappa shape index (κ1) is 28.6. The van der Waals surface area contributed by atoms with E-state index in [2.05, 4.69) is 5.32 Å². The number of hydroxylamine groups is 2. The van der Waals surface area contributed by atoms with Gasteiger partial charge in [-0.25, -0.2) is 13.5 Å². The highest BCUT2D eigenvalue weighted by atomic mass is 32.2. The standard InChI is InChI=1S/C25H24F3N3O6S/c1-15-20(22(32)29-2)13-21(24(34)31(15)18-7-5-6-17(12-18)25(26,27)28)23(33)30(37-3)14-16-8-10-19(11-9-16)38(4,35)36/h5-13H,14H2,1-4H3,(H,29,32). The van der Waals surface area contributed by atoms with Crippen molar-refractivity contribution in [1.82, 2.24) is 14.9 Å². The summed E-state index contributed by atoms with van der Waals surface area (Å²) >= 11 is 0. The van der Waals surface area contributed by atoms with E-state index in [0.29, 0.717) is 5.56 Å². The smallest absolute Gasteiger partial charge is 0.355 e. The Balaban J connectivity index is 2.13. The van der Waals surface area contributed by atoms with Crippen molar-refractivity contribution in [3.8, 4) is 5.69 Å². The molecule has 0 saturated heterocycles. The van der Waals surface area contributed by atoms with Gasteiger partial charge in [0.15, 0.2) is 9.84 Å². The molecule has 0 unspecified atom stereocenters. The highest BCUT2D eigenvalue weighted by molar-refractivity contribution is 7.90. The van der Waals surface area contributed by atoms with Gasteiger partial charge in [-0.3, -0.25) is 23.8 Å². The number of pyridine rings is 1. The number of benzene rings is 2. The number of amides is 2. The van der Waals surface area contributed by atoms with Crippen LogP contribution in [0.25, 0.3) is 5.69 Å². The van der Waals surface area contributed by atoms with E-state index in [-0.39, 0.29) is 28.4 Å². The second-order valence-corrected chi connectivity index (χ2v) is 10.3. The predicted molar refractivity (Wildman–Crippen MR) is 132 cm³/mol. The monoisotopic (exact) mass is 551 g/mol. The van der Waals surface area contributed by atoms with E-state index in [1.807, 2.05) is 0 Å². The molecule has 0 atom stereocenters. The van der Waals surface area contributed by atoms with Gasteiger partial charge >= 0.3 is 6.18 Å². The Morgan fingerprint density at radius 1 is 1.05 bits per heavy atom. The quantitative estimate of drug-likeness (QED) is 0.452. The number of carbonyl (C=O) groups is 2. The van der Waals surface area contributed by atoms with Crippen LogP contribution in [0.4, 0.5) is 13.2 Å². The second-order valence-electron chi connectivity index (χ2n) is 8.27. The lowest BCUT2D eigenvalue weighted by atomic mass is 10.1. The Hall–Kier alpha value is -3.97. The van der Waals surface area contributed by atoms with Crippen LogP contribution in [0.2, 0.25) is 0 Å². The average molecular weight is 552 g/mol. The van der Waals surface area contributed by atoms with Crippen LogP contribution in [0.5, 0.6) is 0 Å². The number of sulfone groups is 1. The van der Waals surface area contributed by atoms with Gasteiger partial charge in [0.2, 0.25) is 0 Å². The summed E-state index contributed by atoms with van der Waals surface area (Å²) in [4.78, 5) is 44.6. The molecule has 1 heterocycles. The molecule has 2 amide bonds. The molecule has 38 heavy (non-hydrogen) atoms. The molecule has 1 aromatic heterocycles. The highest BCUT2D eigenvalue weighted by Gasteiger charge is 2.31. The van der Waals surface area contributed by atoms with Crippen LogP contribution in [-0.2, 0) is 27.4 Å². The molecular formula is C25H24F3N3O6S. The average Bonchev–Trinajstić information content (AvgIpc) is 2.86. The molecule has 3 rings (SSSR count). The van der Waals surface area contributed by atoms with Gasteiger partial charge < -0.3 is 5.32 Å². The molecule has 9 nitrogen and oxygen atoms in total. The maximum absolute atomic E-state index is 13.5. The minimum absolute atomic E-state index is 0.0190. The Bertz CT molecular complexity index is 1550. The topological polar surface area (TPSA) is 115 Å². The highest BCUT2D eigenvalue weighted by Crippen LogP contribution is 2.30. The van der Waals surface area contributed by atoms with Gasteiger partial charge in [0.1, 0.15) is 5.56 Å². The largest absolute Gasteiger partial charge is 0.416 e. The molecule has 0 aliphatic carbocycles. The van der Waals surface area contributed by atoms with E-state index in [1.165, 1.54) is 51.4 Å². The van der Waals surface area contributed by atoms with Crippen LogP contribution in [-0.4, -0.2) is 50.3 Å². The normalized spacial score (nSPS) is 11.8. The summed E-state index contributed by atoms with van der Waals surface area (Å²) in [7, 11) is -0.953. The molecule has 0 radical (unpaired) electrons. The lowest BCUT2D eigenvalue weighted by Crippen LogP contribution is -2.37. The number of nitrogens with one attached hydrogen (secondary N) is 1. The van der Waals surface area contributed by atoms with Crippen LogP contribution in [0.1, 0.15) is 37.5 Å². The number of hydrogen-bond acceptors (Lipinski definition) is 6. The number of carbonyl (C=O) groups excluding carboxylic acids is 2. The van der Waals surface area contributed by atoms with E-state index in [0.717, 1.165) is 40.2 Å². The fraction of sp³-hybridized carbons (Fsp3) is 0.240. The van der Waals surface area contributed by atoms with Crippen LogP contribution in [0.3, 0.4) is 0 Å². The van der Waals surface area contributed by atoms with Crippen molar-refractivity contribution in [1.29, 1.82) is 0 Å². The van der Waals surface area contributed by atoms with Gasteiger partial charge in [-0.1, -0.05) is 18.2 Å². The summed E-state index contributed by atoms with van der Waals surface area (Å²) in [6.45, 7) is 1.17. The summed E-state index contributed by atoms with van der Waals surface area (Å²) in [6.07, 6.45) is -3.64. The number of hydrogen-bond donors (Lipinski definition) is 1. The SMILES string of the molecule is CNC(=O)c1cc(C(=O)N(Cc2ccc(S(C)(=O)=O)cc2)OC)c(=O)n(-c2cccc(C(F)(F)F)c2)c1C. The molecule has 0 saturated carbocycles. The van der Waals surface area contributed by atoms with Gasteiger partial charge in [0.25, 0.3) is 17.4 Å². The van der Waals surface area contributed by atoms with E-state index in [9.17, 15) is 36.0 Å². The third-order valence-electron chi connectivity index (χ3n) is 5.71. The van der Waals surface area contributed by atoms with Crippen molar-refractivity contribution in [2.45, 2.75) is 24.5 Å². The van der Waals surface area contributed by atoms with Crippen LogP contribution < -0.4 is 10.9 Å². The van der Waals surface area contributed by atoms with Crippen LogP contribution >= 0.6 is 0 Å². The Kier molecular flexibility index (Phi) is 8.12. The van der Waals surface area contributed by atoms with Crippen LogP contribution in [0, 0.1) is 6.92 Å². The third kappa shape index (κ3) is 5.94. The molecule has 13 heteroatoms. The van der Waals surface area contributed by atoms with Crippen molar-refractivity contribution < 1.29 is 36.0 Å². The molecule has 0 aliphatic rings. The number of aromatic nitrogens is 1. The maximum atomic E-state index is 13.5. The molecule has 202 valence electrons. The predicted octanol–water partition coefficient (Wildman–Crippen LogP) is 3.13. The molecule has 0 fully saturated rings. The number of rotatable bonds is 7. The van der Waals surface area contributed by atoms with Gasteiger partial charge in [0.05, 0.1) is 29.7 Å². The molecule has 0 bridgehead atoms. The first-order valence-corrected chi connectivity index (χ1v) is 12.9. The molecule has 1 N–H and O–H groups in total. The zero-order valence-electron chi connectivity index (χ0n) is 20.8. The minimum Gasteiger partial charge on any atom is -0.355 e. The maximum Gasteiger partial charge on any atom is 0.416 e. The summed E-state index contributed by atoms with van der Waals surface area (Å²) < 4.78 is 64.3. The Morgan fingerprint density at radius 3 is 2.21 bits per heavy atom. The molecule has 2 aromatic carbocycles. The minimum atomic E-state index is -4.69. The zero-order valence-corrected chi connectivity index (χ0v) is 21.6. The molecule has 3 aromatic rings. The van der Waals surface area contributed by atoms with E-state index in [4.69, 9.17) is 4.84 Å². The summed E-state index contributed by atoms with van der Waals surface area (Å²) in [5.41, 5.74) is -2.33. The fourth-order valence-corrected chi connectivity index (χ4v) is 4.35. The summed E-state index contributed by atoms with van der Waals surface area (Å²) in [5, 5.41) is 3.19. The second kappa shape index (κ2) is 10.8. The number of nitrogens with zero attached hydrogens (tertiary/aromatic N) is 2. The lowest BCUT2D eigenvalue weighted by Gasteiger charge is -2.22. The van der Waals surface area contributed by atoms with Crippen molar-refractivity contribution in [3.05, 3.63) is 92.9 Å². The van der Waals surface area contributed by atoms with E-state index >= 15 is 0 Å². The number of halogens is 3. The van der Waals surface area contributed by atoms with Gasteiger partial charge in [-0.2, -0.15) is 13.2 Å². The van der Waals surface area contributed by atoms with Crippen molar-refractivity contribution in [2.24, 2.45) is 0 Å². The number of alkyl halides is 3. The van der Waals surface area contributed by atoms with E-state index < -0.39 is 44.5 Å². The third-order valence-corrected chi connectivity index (χ3v) is 6.83. The van der Waals surface area contributed by atoms with E-state index in [1.54, 1.807) is 0 Å². The molecule has 0 aliphatic heterocycles. The van der Waals surface area contributed by atoms with Crippen molar-refractivity contribution in [3.63, 3.8) is 0 Å². The van der Waals surface area contributed by atoms with Gasteiger partial charge in [-0.15, -0.1) is 0 Å². The Labute approximate surface area is 216 Å². The zero-order chi connectivity index (χ0) is 28.4. The lowest BCUT2D eigenvalue weighted by molar-refractivity contribution is -0.137. The molecule has 0 spiro atoms. The molecular weight excluding hydrogens is 527 g/mol. The summed E-state index contributed by atoms with van der Waals surface area (Å²) in [6, 6.07) is 10.6. The van der Waals surface area contributed by atoms with Crippen molar-refractivity contribution in [2.75, 3.05) is 20.4 Å². The first-order chi connectivity index (χ1) is 17.7. The summed E-state index contributed by atoms with van der Waals surface area (Å²) in [5.74, 6) is -1.63. The van der Waals surface area contributed by atoms with Crippen LogP contribution in [0.15, 0.2) is 64.3 Å². The van der Waals surface area contributed by atoms with Crippen molar-refractivity contribution >= 4 is 21.7 Å². The first-order valence-electron chi connectivity index (χ1n) is 11.0.